The Kier molecular flexibility index (Phi) is 11.5. The van der Waals surface area contributed by atoms with Gasteiger partial charge in [-0.15, -0.1) is 0 Å². The molecule has 16 heteroatoms. The molecular weight excluding hydrogens is 560 g/mol. The van der Waals surface area contributed by atoms with E-state index in [0.29, 0.717) is 17.8 Å². The van der Waals surface area contributed by atoms with Crippen molar-refractivity contribution in [2.45, 2.75) is 44.4 Å². The van der Waals surface area contributed by atoms with Gasteiger partial charge in [-0.25, -0.2) is 0 Å². The highest BCUT2D eigenvalue weighted by Gasteiger charge is 2.31. The number of carboxylic acid groups (broad SMARTS) is 4. The lowest BCUT2D eigenvalue weighted by molar-refractivity contribution is -0.151. The second kappa shape index (κ2) is 15.0. The van der Waals surface area contributed by atoms with E-state index in [1.54, 1.807) is 0 Å². The molecule has 4 N–H and O–H groups in total. The molecule has 228 valence electrons. The molecule has 0 spiro atoms. The van der Waals surface area contributed by atoms with Crippen LogP contribution >= 0.6 is 0 Å². The van der Waals surface area contributed by atoms with Gasteiger partial charge in [0.15, 0.2) is 0 Å². The standard InChI is InChI=1S/C26H32N4O12/c31-21-2-3-22(32)30(21)4-1-7-42-18-10-16-14-28(19(25(37)38)12-23(33)34)5-8-41-9-6-29(15-17(11-18)27-16)20(26(39)40)13-24(35)36/h2-3,10-11,19-20H,1,4-9,12-15H2,(H,33,34)(H,35,36)(H,37,38)(H,39,40)/t19-,20-/m1/s1. The third-order valence-corrected chi connectivity index (χ3v) is 6.56. The first-order valence-corrected chi connectivity index (χ1v) is 13.1. The molecule has 16 nitrogen and oxygen atoms in total. The summed E-state index contributed by atoms with van der Waals surface area (Å²) in [5, 5.41) is 38.0. The zero-order chi connectivity index (χ0) is 30.8. The summed E-state index contributed by atoms with van der Waals surface area (Å²) in [4.78, 5) is 78.6. The molecule has 0 aromatic carbocycles. The highest BCUT2D eigenvalue weighted by Crippen LogP contribution is 2.21. The average molecular weight is 593 g/mol. The largest absolute Gasteiger partial charge is 0.493 e. The molecule has 0 saturated heterocycles. The molecule has 1 aromatic heterocycles. The van der Waals surface area contributed by atoms with Crippen molar-refractivity contribution in [2.24, 2.45) is 0 Å². The van der Waals surface area contributed by atoms with Gasteiger partial charge >= 0.3 is 23.9 Å². The first-order valence-electron chi connectivity index (χ1n) is 13.1. The van der Waals surface area contributed by atoms with Crippen molar-refractivity contribution in [1.29, 1.82) is 0 Å². The van der Waals surface area contributed by atoms with Gasteiger partial charge in [0.1, 0.15) is 17.8 Å². The number of imide groups is 1. The number of carbonyl (C=O) groups excluding carboxylic acids is 2. The number of hydrogen-bond donors (Lipinski definition) is 4. The number of fused-ring (bicyclic) bond motifs is 2. The predicted octanol–water partition coefficient (Wildman–Crippen LogP) is -0.734. The minimum absolute atomic E-state index is 0.00968. The normalized spacial score (nSPS) is 18.1. The third-order valence-electron chi connectivity index (χ3n) is 6.56. The van der Waals surface area contributed by atoms with Crippen molar-refractivity contribution in [1.82, 2.24) is 19.7 Å². The Hall–Kier alpha value is -4.41. The van der Waals surface area contributed by atoms with Crippen LogP contribution in [0.15, 0.2) is 24.3 Å². The summed E-state index contributed by atoms with van der Waals surface area (Å²) in [7, 11) is 0. The number of carboxylic acids is 4. The molecule has 2 aliphatic rings. The number of aromatic nitrogens is 1. The van der Waals surface area contributed by atoms with E-state index >= 15 is 0 Å². The lowest BCUT2D eigenvalue weighted by Crippen LogP contribution is -2.46. The molecule has 3 rings (SSSR count). The highest BCUT2D eigenvalue weighted by atomic mass is 16.5. The van der Waals surface area contributed by atoms with Crippen LogP contribution in [0.4, 0.5) is 0 Å². The van der Waals surface area contributed by atoms with Crippen LogP contribution in [-0.4, -0.2) is 127 Å². The van der Waals surface area contributed by atoms with Gasteiger partial charge < -0.3 is 29.9 Å². The quantitative estimate of drug-likeness (QED) is 0.164. The monoisotopic (exact) mass is 592 g/mol. The van der Waals surface area contributed by atoms with Gasteiger partial charge in [0.05, 0.1) is 44.1 Å². The van der Waals surface area contributed by atoms with E-state index in [9.17, 15) is 49.2 Å². The fourth-order valence-corrected chi connectivity index (χ4v) is 4.58. The Labute approximate surface area is 239 Å². The van der Waals surface area contributed by atoms with Crippen LogP contribution in [-0.2, 0) is 46.6 Å². The molecule has 2 aliphatic heterocycles. The first-order chi connectivity index (χ1) is 19.9. The number of ether oxygens (including phenoxy) is 2. The Morgan fingerprint density at radius 1 is 0.833 bits per heavy atom. The Bertz CT molecular complexity index is 1150. The summed E-state index contributed by atoms with van der Waals surface area (Å²) in [5.74, 6) is -5.89. The topological polar surface area (TPSA) is 224 Å². The second-order valence-electron chi connectivity index (χ2n) is 9.61. The molecule has 0 unspecified atom stereocenters. The zero-order valence-corrected chi connectivity index (χ0v) is 22.6. The van der Waals surface area contributed by atoms with Crippen molar-refractivity contribution in [3.8, 4) is 5.75 Å². The van der Waals surface area contributed by atoms with Gasteiger partial charge in [0.25, 0.3) is 11.8 Å². The fraction of sp³-hybridized carbons (Fsp3) is 0.500. The number of pyridine rings is 1. The van der Waals surface area contributed by atoms with Crippen molar-refractivity contribution in [3.63, 3.8) is 0 Å². The molecule has 0 fully saturated rings. The maximum atomic E-state index is 11.9. The van der Waals surface area contributed by atoms with Gasteiger partial charge in [-0.2, -0.15) is 0 Å². The van der Waals surface area contributed by atoms with E-state index < -0.39 is 60.6 Å². The molecular formula is C26H32N4O12. The molecule has 2 amide bonds. The molecule has 3 heterocycles. The van der Waals surface area contributed by atoms with Gasteiger partial charge in [0.2, 0.25) is 0 Å². The maximum absolute atomic E-state index is 11.9. The van der Waals surface area contributed by atoms with Crippen LogP contribution in [0.2, 0.25) is 0 Å². The molecule has 2 atom stereocenters. The second-order valence-corrected chi connectivity index (χ2v) is 9.61. The lowest BCUT2D eigenvalue weighted by atomic mass is 10.1. The minimum atomic E-state index is -1.39. The number of amides is 2. The molecule has 0 saturated carbocycles. The van der Waals surface area contributed by atoms with Gasteiger partial charge in [-0.1, -0.05) is 0 Å². The molecule has 42 heavy (non-hydrogen) atoms. The van der Waals surface area contributed by atoms with Crippen molar-refractivity contribution >= 4 is 35.7 Å². The van der Waals surface area contributed by atoms with Crippen LogP contribution in [0.3, 0.4) is 0 Å². The van der Waals surface area contributed by atoms with Gasteiger partial charge in [-0.3, -0.25) is 48.5 Å². The van der Waals surface area contributed by atoms with E-state index in [4.69, 9.17) is 9.47 Å². The first kappa shape index (κ1) is 32.1. The number of carbonyl (C=O) groups is 6. The van der Waals surface area contributed by atoms with E-state index in [1.807, 2.05) is 0 Å². The lowest BCUT2D eigenvalue weighted by Gasteiger charge is -2.31. The number of nitrogens with zero attached hydrogens (tertiary/aromatic N) is 4. The van der Waals surface area contributed by atoms with Crippen molar-refractivity contribution < 1.29 is 58.7 Å². The summed E-state index contributed by atoms with van der Waals surface area (Å²) in [6.07, 6.45) is 1.28. The van der Waals surface area contributed by atoms with Crippen LogP contribution < -0.4 is 4.74 Å². The predicted molar refractivity (Wildman–Crippen MR) is 139 cm³/mol. The van der Waals surface area contributed by atoms with Gasteiger partial charge in [-0.05, 0) is 6.42 Å². The van der Waals surface area contributed by atoms with Crippen LogP contribution in [0.5, 0.6) is 5.75 Å². The summed E-state index contributed by atoms with van der Waals surface area (Å²) >= 11 is 0. The van der Waals surface area contributed by atoms with Crippen LogP contribution in [0.25, 0.3) is 0 Å². The van der Waals surface area contributed by atoms with E-state index in [2.05, 4.69) is 4.98 Å². The van der Waals surface area contributed by atoms with E-state index in [1.165, 1.54) is 34.1 Å². The van der Waals surface area contributed by atoms with E-state index in [0.717, 1.165) is 4.90 Å². The summed E-state index contributed by atoms with van der Waals surface area (Å²) < 4.78 is 11.4. The van der Waals surface area contributed by atoms with E-state index in [-0.39, 0.29) is 58.3 Å². The minimum Gasteiger partial charge on any atom is -0.493 e. The Balaban J connectivity index is 1.89. The number of rotatable bonds is 13. The molecule has 0 radical (unpaired) electrons. The maximum Gasteiger partial charge on any atom is 0.321 e. The Morgan fingerprint density at radius 3 is 1.74 bits per heavy atom. The van der Waals surface area contributed by atoms with Gasteiger partial charge in [0, 0.05) is 57.0 Å². The Morgan fingerprint density at radius 2 is 1.31 bits per heavy atom. The van der Waals surface area contributed by atoms with Crippen molar-refractivity contribution in [2.75, 3.05) is 39.5 Å². The smallest absolute Gasteiger partial charge is 0.321 e. The SMILES string of the molecule is O=C(O)C[C@H](C(=O)O)N1CCOCCN([C@H](CC(=O)O)C(=O)O)Cc2cc(OCCCN3C(=O)C=CC3=O)cc(n2)C1. The number of aliphatic carboxylic acids is 4. The summed E-state index contributed by atoms with van der Waals surface area (Å²) in [5.41, 5.74) is 0.581. The fourth-order valence-electron chi connectivity index (χ4n) is 4.58. The number of hydrogen-bond acceptors (Lipinski definition) is 11. The summed E-state index contributed by atoms with van der Waals surface area (Å²) in [6.45, 7) is -0.0444. The highest BCUT2D eigenvalue weighted by molar-refractivity contribution is 6.12. The average Bonchev–Trinajstić information content (AvgIpc) is 3.22. The molecule has 2 bridgehead atoms. The molecule has 0 aliphatic carbocycles. The summed E-state index contributed by atoms with van der Waals surface area (Å²) in [6, 6.07) is 0.257. The molecule has 1 aromatic rings. The zero-order valence-electron chi connectivity index (χ0n) is 22.6. The third kappa shape index (κ3) is 9.32. The van der Waals surface area contributed by atoms with Crippen LogP contribution in [0.1, 0.15) is 30.7 Å². The van der Waals surface area contributed by atoms with Crippen LogP contribution in [0, 0.1) is 0 Å². The van der Waals surface area contributed by atoms with Crippen molar-refractivity contribution in [3.05, 3.63) is 35.7 Å².